The van der Waals surface area contributed by atoms with E-state index < -0.39 is 33.5 Å². The second-order valence-electron chi connectivity index (χ2n) is 8.95. The minimum Gasteiger partial charge on any atom is -0.383 e. The van der Waals surface area contributed by atoms with Crippen LogP contribution in [0.1, 0.15) is 34.5 Å². The number of ether oxygens (including phenoxy) is 1. The van der Waals surface area contributed by atoms with Gasteiger partial charge in [-0.3, -0.25) is 14.5 Å². The van der Waals surface area contributed by atoms with Gasteiger partial charge in [-0.25, -0.2) is 13.1 Å². The van der Waals surface area contributed by atoms with Crippen molar-refractivity contribution in [2.45, 2.75) is 36.5 Å². The lowest BCUT2D eigenvalue weighted by Crippen LogP contribution is -2.38. The van der Waals surface area contributed by atoms with Crippen molar-refractivity contribution in [2.24, 2.45) is 0 Å². The number of hydrogen-bond acceptors (Lipinski definition) is 7. The summed E-state index contributed by atoms with van der Waals surface area (Å²) in [5, 5.41) is 7.70. The summed E-state index contributed by atoms with van der Waals surface area (Å²) in [5.41, 5.74) is -0.0530. The van der Waals surface area contributed by atoms with Crippen LogP contribution < -0.4 is 4.90 Å². The quantitative estimate of drug-likeness (QED) is 0.417. The van der Waals surface area contributed by atoms with E-state index in [0.29, 0.717) is 25.1 Å². The van der Waals surface area contributed by atoms with Crippen LogP contribution in [0.15, 0.2) is 53.6 Å². The molecule has 0 N–H and O–H groups in total. The molecule has 200 valence electrons. The fraction of sp³-hybridized carbons (Fsp3) is 0.333. The van der Waals surface area contributed by atoms with Gasteiger partial charge in [0.15, 0.2) is 0 Å². The molecule has 14 heteroatoms. The zero-order valence-electron chi connectivity index (χ0n) is 20.1. The lowest BCUT2D eigenvalue weighted by Gasteiger charge is -2.24. The molecular formula is C24H22F3N5O5S. The molecule has 0 unspecified atom stereocenters. The Labute approximate surface area is 215 Å². The van der Waals surface area contributed by atoms with Crippen LogP contribution in [0.25, 0.3) is 5.69 Å². The number of aromatic nitrogens is 3. The van der Waals surface area contributed by atoms with E-state index in [1.54, 1.807) is 0 Å². The summed E-state index contributed by atoms with van der Waals surface area (Å²) in [6, 6.07) is 7.89. The topological polar surface area (TPSA) is 115 Å². The van der Waals surface area contributed by atoms with Crippen LogP contribution in [0.5, 0.6) is 0 Å². The van der Waals surface area contributed by atoms with E-state index in [9.17, 15) is 31.2 Å². The summed E-state index contributed by atoms with van der Waals surface area (Å²) in [6.45, 7) is 0.406. The maximum absolute atomic E-state index is 13.3. The second-order valence-corrected chi connectivity index (χ2v) is 10.8. The summed E-state index contributed by atoms with van der Waals surface area (Å²) in [7, 11) is -2.43. The minimum atomic E-state index is -4.50. The predicted molar refractivity (Wildman–Crippen MR) is 127 cm³/mol. The Hall–Kier alpha value is -3.62. The number of carbonyl (C=O) groups excluding carboxylic acids is 2. The van der Waals surface area contributed by atoms with E-state index in [1.165, 1.54) is 52.6 Å². The third-order valence-corrected chi connectivity index (χ3v) is 8.56. The van der Waals surface area contributed by atoms with Crippen LogP contribution in [0.4, 0.5) is 18.9 Å². The number of rotatable bonds is 7. The van der Waals surface area contributed by atoms with Gasteiger partial charge in [-0.05, 0) is 55.3 Å². The number of ketones is 1. The maximum atomic E-state index is 13.3. The third-order valence-electron chi connectivity index (χ3n) is 6.61. The van der Waals surface area contributed by atoms with Crippen molar-refractivity contribution in [3.05, 3.63) is 65.5 Å². The maximum Gasteiger partial charge on any atom is 0.416 e. The molecular weight excluding hydrogens is 527 g/mol. The van der Waals surface area contributed by atoms with Crippen LogP contribution >= 0.6 is 0 Å². The Morgan fingerprint density at radius 3 is 2.53 bits per heavy atom. The summed E-state index contributed by atoms with van der Waals surface area (Å²) in [4.78, 5) is 26.8. The molecule has 0 bridgehead atoms. The fourth-order valence-electron chi connectivity index (χ4n) is 4.75. The molecule has 0 spiro atoms. The van der Waals surface area contributed by atoms with Gasteiger partial charge in [-0.1, -0.05) is 5.21 Å². The standard InChI is InChI=1S/C24H22F3N5O5S/c1-37-14-17-3-2-10-31(17)38(35,36)19-8-9-21-20(11-19)22(33)23(34)30(21)13-18-12-28-29-32(18)16-6-4-15(5-7-16)24(25,26)27/h4-9,11-12,17H,2-3,10,13-14H2,1H3/t17-/m0/s1. The van der Waals surface area contributed by atoms with E-state index in [2.05, 4.69) is 10.3 Å². The number of carbonyl (C=O) groups is 2. The SMILES string of the molecule is COC[C@@H]1CCCN1S(=O)(=O)c1ccc2c(c1)C(=O)C(=O)N2Cc1cnnn1-c1ccc(C(F)(F)F)cc1. The first-order valence-corrected chi connectivity index (χ1v) is 13.0. The van der Waals surface area contributed by atoms with Gasteiger partial charge in [0.05, 0.1) is 52.4 Å². The van der Waals surface area contributed by atoms with Crippen molar-refractivity contribution >= 4 is 27.4 Å². The van der Waals surface area contributed by atoms with E-state index >= 15 is 0 Å². The molecule has 2 aromatic carbocycles. The summed E-state index contributed by atoms with van der Waals surface area (Å²) in [5.74, 6) is -1.73. The van der Waals surface area contributed by atoms with Gasteiger partial charge in [0.1, 0.15) is 0 Å². The van der Waals surface area contributed by atoms with Crippen LogP contribution in [0.2, 0.25) is 0 Å². The Balaban J connectivity index is 1.43. The molecule has 1 atom stereocenters. The largest absolute Gasteiger partial charge is 0.416 e. The van der Waals surface area contributed by atoms with E-state index in [1.807, 2.05) is 0 Å². The number of hydrogen-bond donors (Lipinski definition) is 0. The smallest absolute Gasteiger partial charge is 0.383 e. The summed E-state index contributed by atoms with van der Waals surface area (Å²) >= 11 is 0. The first kappa shape index (κ1) is 26.0. The molecule has 1 amide bonds. The highest BCUT2D eigenvalue weighted by molar-refractivity contribution is 7.89. The molecule has 3 aromatic rings. The van der Waals surface area contributed by atoms with Crippen molar-refractivity contribution in [3.8, 4) is 5.69 Å². The molecule has 1 fully saturated rings. The monoisotopic (exact) mass is 549 g/mol. The Bertz CT molecular complexity index is 1500. The number of methoxy groups -OCH3 is 1. The van der Waals surface area contributed by atoms with E-state index in [-0.39, 0.29) is 41.0 Å². The number of anilines is 1. The first-order chi connectivity index (χ1) is 18.0. The second kappa shape index (κ2) is 9.60. The van der Waals surface area contributed by atoms with Gasteiger partial charge in [0.2, 0.25) is 10.0 Å². The van der Waals surface area contributed by atoms with Crippen molar-refractivity contribution in [1.29, 1.82) is 0 Å². The number of sulfonamides is 1. The molecule has 38 heavy (non-hydrogen) atoms. The number of Topliss-reactive ketones (excluding diaryl/α,β-unsaturated/α-hetero) is 1. The van der Waals surface area contributed by atoms with Crippen LogP contribution in [0.3, 0.4) is 0 Å². The Morgan fingerprint density at radius 2 is 1.84 bits per heavy atom. The fourth-order valence-corrected chi connectivity index (χ4v) is 6.46. The first-order valence-electron chi connectivity index (χ1n) is 11.6. The van der Waals surface area contributed by atoms with Gasteiger partial charge < -0.3 is 4.74 Å². The highest BCUT2D eigenvalue weighted by Gasteiger charge is 2.40. The van der Waals surface area contributed by atoms with Crippen LogP contribution in [0, 0.1) is 0 Å². The highest BCUT2D eigenvalue weighted by Crippen LogP contribution is 2.35. The van der Waals surface area contributed by atoms with Gasteiger partial charge in [0, 0.05) is 19.7 Å². The number of nitrogens with zero attached hydrogens (tertiary/aromatic N) is 5. The average Bonchev–Trinajstić information content (AvgIpc) is 3.60. The molecule has 1 aromatic heterocycles. The van der Waals surface area contributed by atoms with Gasteiger partial charge >= 0.3 is 6.18 Å². The molecule has 1 saturated heterocycles. The Kier molecular flexibility index (Phi) is 6.57. The predicted octanol–water partition coefficient (Wildman–Crippen LogP) is 2.82. The van der Waals surface area contributed by atoms with Crippen molar-refractivity contribution in [1.82, 2.24) is 19.3 Å². The molecule has 2 aliphatic rings. The molecule has 3 heterocycles. The average molecular weight is 550 g/mol. The van der Waals surface area contributed by atoms with E-state index in [0.717, 1.165) is 17.0 Å². The van der Waals surface area contributed by atoms with E-state index in [4.69, 9.17) is 4.74 Å². The lowest BCUT2D eigenvalue weighted by molar-refractivity contribution is -0.137. The molecule has 2 aliphatic heterocycles. The van der Waals surface area contributed by atoms with Gasteiger partial charge in [-0.15, -0.1) is 5.10 Å². The van der Waals surface area contributed by atoms with Crippen molar-refractivity contribution in [2.75, 3.05) is 25.2 Å². The minimum absolute atomic E-state index is 0.0490. The number of alkyl halides is 3. The highest BCUT2D eigenvalue weighted by atomic mass is 32.2. The summed E-state index contributed by atoms with van der Waals surface area (Å²) in [6.07, 6.45) is -1.83. The number of benzene rings is 2. The number of fused-ring (bicyclic) bond motifs is 1. The van der Waals surface area contributed by atoms with Crippen molar-refractivity contribution in [3.63, 3.8) is 0 Å². The number of amides is 1. The number of halogens is 3. The Morgan fingerprint density at radius 1 is 1.11 bits per heavy atom. The third kappa shape index (κ3) is 4.48. The molecule has 5 rings (SSSR count). The zero-order valence-corrected chi connectivity index (χ0v) is 20.9. The van der Waals surface area contributed by atoms with Crippen LogP contribution in [-0.4, -0.2) is 65.7 Å². The van der Waals surface area contributed by atoms with Crippen LogP contribution in [-0.2, 0) is 32.3 Å². The molecule has 0 radical (unpaired) electrons. The van der Waals surface area contributed by atoms with Gasteiger partial charge in [-0.2, -0.15) is 17.5 Å². The lowest BCUT2D eigenvalue weighted by atomic mass is 10.1. The summed E-state index contributed by atoms with van der Waals surface area (Å²) < 4.78 is 73.1. The molecule has 0 aliphatic carbocycles. The molecule has 0 saturated carbocycles. The zero-order chi connectivity index (χ0) is 27.2. The van der Waals surface area contributed by atoms with Crippen molar-refractivity contribution < 1.29 is 35.9 Å². The molecule has 10 nitrogen and oxygen atoms in total. The normalized spacial score (nSPS) is 18.4. The van der Waals surface area contributed by atoms with Gasteiger partial charge in [0.25, 0.3) is 11.7 Å².